The summed E-state index contributed by atoms with van der Waals surface area (Å²) < 4.78 is 4.99. The Labute approximate surface area is 86.6 Å². The molecular weight excluding hydrogens is 180 g/mol. The van der Waals surface area contributed by atoms with E-state index in [1.807, 2.05) is 7.05 Å². The zero-order chi connectivity index (χ0) is 10.8. The average molecular weight is 202 g/mol. The first-order valence-corrected chi connectivity index (χ1v) is 4.88. The molecule has 4 nitrogen and oxygen atoms in total. The van der Waals surface area contributed by atoms with Gasteiger partial charge in [-0.1, -0.05) is 6.58 Å². The lowest BCUT2D eigenvalue weighted by Crippen LogP contribution is -2.33. The van der Waals surface area contributed by atoms with Crippen LogP contribution in [0.25, 0.3) is 0 Å². The van der Waals surface area contributed by atoms with Crippen LogP contribution >= 0.6 is 0 Å². The van der Waals surface area contributed by atoms with E-state index >= 15 is 0 Å². The zero-order valence-corrected chi connectivity index (χ0v) is 9.25. The van der Waals surface area contributed by atoms with Crippen molar-refractivity contribution >= 4 is 0 Å². The third kappa shape index (κ3) is 7.03. The number of nitrogens with one attached hydrogen (secondary N) is 1. The van der Waals surface area contributed by atoms with E-state index in [9.17, 15) is 0 Å². The van der Waals surface area contributed by atoms with Crippen molar-refractivity contribution in [3.8, 4) is 0 Å². The molecule has 0 radical (unpaired) electrons. The summed E-state index contributed by atoms with van der Waals surface area (Å²) in [7, 11) is 3.58. The number of hydrogen-bond donors (Lipinski definition) is 2. The largest absolute Gasteiger partial charge is 0.395 e. The highest BCUT2D eigenvalue weighted by Crippen LogP contribution is 1.95. The Morgan fingerprint density at radius 3 is 2.71 bits per heavy atom. The first-order valence-electron chi connectivity index (χ1n) is 4.88. The number of nitrogens with zero attached hydrogens (tertiary/aromatic N) is 1. The highest BCUT2D eigenvalue weighted by atomic mass is 16.5. The molecule has 0 fully saturated rings. The number of aliphatic hydroxyl groups is 1. The normalized spacial score (nSPS) is 10.9. The van der Waals surface area contributed by atoms with Gasteiger partial charge in [0.25, 0.3) is 0 Å². The van der Waals surface area contributed by atoms with Gasteiger partial charge in [-0.2, -0.15) is 0 Å². The standard InChI is InChI=1S/C10H22N2O2/c1-10(8-11-2)9-12(4-6-13)5-7-14-3/h11,13H,1,4-9H2,2-3H3. The van der Waals surface area contributed by atoms with Crippen molar-refractivity contribution in [2.24, 2.45) is 0 Å². The maximum absolute atomic E-state index is 8.85. The van der Waals surface area contributed by atoms with Crippen molar-refractivity contribution in [1.29, 1.82) is 0 Å². The number of rotatable bonds is 9. The zero-order valence-electron chi connectivity index (χ0n) is 9.25. The fourth-order valence-corrected chi connectivity index (χ4v) is 1.25. The highest BCUT2D eigenvalue weighted by Gasteiger charge is 2.04. The molecule has 0 bridgehead atoms. The predicted octanol–water partition coefficient (Wildman–Crippen LogP) is -0.297. The lowest BCUT2D eigenvalue weighted by Gasteiger charge is -2.21. The molecule has 0 saturated carbocycles. The van der Waals surface area contributed by atoms with E-state index < -0.39 is 0 Å². The number of likely N-dealkylation sites (N-methyl/N-ethyl adjacent to an activating group) is 1. The van der Waals surface area contributed by atoms with Crippen LogP contribution in [0.1, 0.15) is 0 Å². The molecule has 0 spiro atoms. The Kier molecular flexibility index (Phi) is 8.87. The molecule has 0 unspecified atom stereocenters. The summed E-state index contributed by atoms with van der Waals surface area (Å²) in [5, 5.41) is 11.9. The maximum Gasteiger partial charge on any atom is 0.0589 e. The number of aliphatic hydroxyl groups excluding tert-OH is 1. The monoisotopic (exact) mass is 202 g/mol. The van der Waals surface area contributed by atoms with Crippen LogP contribution in [-0.2, 0) is 4.74 Å². The Morgan fingerprint density at radius 2 is 2.21 bits per heavy atom. The molecule has 4 heteroatoms. The van der Waals surface area contributed by atoms with Gasteiger partial charge in [0.05, 0.1) is 13.2 Å². The summed E-state index contributed by atoms with van der Waals surface area (Å²) in [4.78, 5) is 2.13. The van der Waals surface area contributed by atoms with Gasteiger partial charge in [0.15, 0.2) is 0 Å². The second-order valence-electron chi connectivity index (χ2n) is 3.27. The van der Waals surface area contributed by atoms with Crippen LogP contribution < -0.4 is 5.32 Å². The molecule has 0 rings (SSSR count). The minimum absolute atomic E-state index is 0.177. The summed E-state index contributed by atoms with van der Waals surface area (Å²) in [6.45, 7) is 7.94. The second kappa shape index (κ2) is 9.15. The summed E-state index contributed by atoms with van der Waals surface area (Å²) in [5.41, 5.74) is 1.12. The molecule has 0 heterocycles. The lowest BCUT2D eigenvalue weighted by molar-refractivity contribution is 0.136. The van der Waals surface area contributed by atoms with E-state index in [-0.39, 0.29) is 6.61 Å². The molecule has 0 aliphatic heterocycles. The maximum atomic E-state index is 8.85. The van der Waals surface area contributed by atoms with Crippen LogP contribution in [-0.4, -0.2) is 63.6 Å². The summed E-state index contributed by atoms with van der Waals surface area (Å²) in [6, 6.07) is 0. The Hall–Kier alpha value is -0.420. The van der Waals surface area contributed by atoms with Crippen LogP contribution in [0.15, 0.2) is 12.2 Å². The highest BCUT2D eigenvalue weighted by molar-refractivity contribution is 4.99. The van der Waals surface area contributed by atoms with Crippen molar-refractivity contribution in [2.75, 3.05) is 53.6 Å². The van der Waals surface area contributed by atoms with Crippen molar-refractivity contribution in [2.45, 2.75) is 0 Å². The molecule has 2 N–H and O–H groups in total. The quantitative estimate of drug-likeness (QED) is 0.504. The van der Waals surface area contributed by atoms with E-state index in [1.165, 1.54) is 0 Å². The fourth-order valence-electron chi connectivity index (χ4n) is 1.25. The summed E-state index contributed by atoms with van der Waals surface area (Å²) in [6.07, 6.45) is 0. The summed E-state index contributed by atoms with van der Waals surface area (Å²) >= 11 is 0. The van der Waals surface area contributed by atoms with Gasteiger partial charge >= 0.3 is 0 Å². The van der Waals surface area contributed by atoms with E-state index in [2.05, 4.69) is 16.8 Å². The molecule has 0 aliphatic carbocycles. The first kappa shape index (κ1) is 13.6. The van der Waals surface area contributed by atoms with Gasteiger partial charge in [0.2, 0.25) is 0 Å². The van der Waals surface area contributed by atoms with Crippen molar-refractivity contribution in [3.05, 3.63) is 12.2 Å². The van der Waals surface area contributed by atoms with Crippen LogP contribution in [0.2, 0.25) is 0 Å². The van der Waals surface area contributed by atoms with Gasteiger partial charge in [-0.05, 0) is 12.6 Å². The smallest absolute Gasteiger partial charge is 0.0589 e. The Balaban J connectivity index is 3.75. The van der Waals surface area contributed by atoms with E-state index in [4.69, 9.17) is 9.84 Å². The topological polar surface area (TPSA) is 44.7 Å². The second-order valence-corrected chi connectivity index (χ2v) is 3.27. The minimum atomic E-state index is 0.177. The molecule has 0 amide bonds. The van der Waals surface area contributed by atoms with Gasteiger partial charge in [-0.15, -0.1) is 0 Å². The average Bonchev–Trinajstić information content (AvgIpc) is 2.15. The SMILES string of the molecule is C=C(CNC)CN(CCO)CCOC. The van der Waals surface area contributed by atoms with Crippen molar-refractivity contribution in [3.63, 3.8) is 0 Å². The van der Waals surface area contributed by atoms with E-state index in [0.29, 0.717) is 13.2 Å². The molecule has 0 aromatic heterocycles. The molecule has 0 saturated heterocycles. The predicted molar refractivity (Wildman–Crippen MR) is 58.5 cm³/mol. The van der Waals surface area contributed by atoms with Gasteiger partial charge in [0, 0.05) is 33.3 Å². The molecule has 0 aromatic carbocycles. The molecule has 0 aromatic rings. The van der Waals surface area contributed by atoms with E-state index in [1.54, 1.807) is 7.11 Å². The first-order chi connectivity index (χ1) is 6.74. The third-order valence-corrected chi connectivity index (χ3v) is 1.90. The van der Waals surface area contributed by atoms with Crippen LogP contribution in [0.3, 0.4) is 0 Å². The van der Waals surface area contributed by atoms with Gasteiger partial charge < -0.3 is 15.2 Å². The Morgan fingerprint density at radius 1 is 1.50 bits per heavy atom. The Bertz CT molecular complexity index is 151. The summed E-state index contributed by atoms with van der Waals surface area (Å²) in [5.74, 6) is 0. The third-order valence-electron chi connectivity index (χ3n) is 1.90. The van der Waals surface area contributed by atoms with E-state index in [0.717, 1.165) is 25.2 Å². The van der Waals surface area contributed by atoms with Gasteiger partial charge in [0.1, 0.15) is 0 Å². The fraction of sp³-hybridized carbons (Fsp3) is 0.800. The number of ether oxygens (including phenoxy) is 1. The van der Waals surface area contributed by atoms with Crippen LogP contribution in [0.4, 0.5) is 0 Å². The molecule has 84 valence electrons. The van der Waals surface area contributed by atoms with Crippen molar-refractivity contribution in [1.82, 2.24) is 10.2 Å². The number of methoxy groups -OCH3 is 1. The van der Waals surface area contributed by atoms with Crippen LogP contribution in [0.5, 0.6) is 0 Å². The van der Waals surface area contributed by atoms with Crippen LogP contribution in [0, 0.1) is 0 Å². The lowest BCUT2D eigenvalue weighted by atomic mass is 10.2. The molecule has 0 aliphatic rings. The van der Waals surface area contributed by atoms with Gasteiger partial charge in [-0.25, -0.2) is 0 Å². The molecule has 14 heavy (non-hydrogen) atoms. The minimum Gasteiger partial charge on any atom is -0.395 e. The molecular formula is C10H22N2O2. The number of hydrogen-bond acceptors (Lipinski definition) is 4. The molecule has 0 atom stereocenters. The van der Waals surface area contributed by atoms with Gasteiger partial charge in [-0.3, -0.25) is 4.90 Å². The van der Waals surface area contributed by atoms with Crippen molar-refractivity contribution < 1.29 is 9.84 Å².